The van der Waals surface area contributed by atoms with E-state index >= 15 is 0 Å². The molecule has 23 heavy (non-hydrogen) atoms. The SMILES string of the molecule is Cc1c(CC(=O)NC2CCCNC2C)nnn1-c1ccccc1. The first-order valence-electron chi connectivity index (χ1n) is 8.14. The topological polar surface area (TPSA) is 71.8 Å². The predicted molar refractivity (Wildman–Crippen MR) is 88.4 cm³/mol. The second-order valence-electron chi connectivity index (χ2n) is 6.10. The van der Waals surface area contributed by atoms with Crippen molar-refractivity contribution in [1.29, 1.82) is 0 Å². The van der Waals surface area contributed by atoms with Crippen molar-refractivity contribution in [3.8, 4) is 5.69 Å². The number of nitrogens with zero attached hydrogens (tertiary/aromatic N) is 3. The number of piperidine rings is 1. The van der Waals surface area contributed by atoms with E-state index in [-0.39, 0.29) is 18.4 Å². The van der Waals surface area contributed by atoms with Gasteiger partial charge in [0.25, 0.3) is 0 Å². The minimum Gasteiger partial charge on any atom is -0.351 e. The Labute approximate surface area is 136 Å². The second kappa shape index (κ2) is 6.91. The Morgan fingerprint density at radius 1 is 1.39 bits per heavy atom. The lowest BCUT2D eigenvalue weighted by Gasteiger charge is -2.30. The zero-order valence-corrected chi connectivity index (χ0v) is 13.6. The van der Waals surface area contributed by atoms with Gasteiger partial charge in [-0.25, -0.2) is 4.68 Å². The minimum absolute atomic E-state index is 0.00811. The molecule has 0 bridgehead atoms. The number of para-hydroxylation sites is 1. The van der Waals surface area contributed by atoms with Crippen molar-refractivity contribution in [2.24, 2.45) is 0 Å². The lowest BCUT2D eigenvalue weighted by atomic mass is 9.99. The Bertz CT molecular complexity index is 667. The van der Waals surface area contributed by atoms with Crippen molar-refractivity contribution < 1.29 is 4.79 Å². The Balaban J connectivity index is 1.66. The first-order valence-corrected chi connectivity index (χ1v) is 8.14. The fourth-order valence-corrected chi connectivity index (χ4v) is 2.99. The molecule has 1 aromatic carbocycles. The maximum absolute atomic E-state index is 12.3. The average molecular weight is 313 g/mol. The van der Waals surface area contributed by atoms with Crippen molar-refractivity contribution in [2.75, 3.05) is 6.54 Å². The number of hydrogen-bond acceptors (Lipinski definition) is 4. The molecule has 1 aliphatic heterocycles. The van der Waals surface area contributed by atoms with Crippen molar-refractivity contribution in [2.45, 2.75) is 45.2 Å². The summed E-state index contributed by atoms with van der Waals surface area (Å²) in [5.41, 5.74) is 2.58. The Kier molecular flexibility index (Phi) is 4.71. The molecular formula is C17H23N5O. The highest BCUT2D eigenvalue weighted by atomic mass is 16.1. The van der Waals surface area contributed by atoms with Crippen molar-refractivity contribution in [3.63, 3.8) is 0 Å². The molecule has 0 saturated carbocycles. The highest BCUT2D eigenvalue weighted by Gasteiger charge is 2.23. The summed E-state index contributed by atoms with van der Waals surface area (Å²) in [4.78, 5) is 12.3. The molecule has 0 spiro atoms. The lowest BCUT2D eigenvalue weighted by Crippen LogP contribution is -2.52. The summed E-state index contributed by atoms with van der Waals surface area (Å²) in [5.74, 6) is 0.00811. The smallest absolute Gasteiger partial charge is 0.226 e. The fraction of sp³-hybridized carbons (Fsp3) is 0.471. The van der Waals surface area contributed by atoms with E-state index in [9.17, 15) is 4.79 Å². The molecule has 1 aromatic heterocycles. The van der Waals surface area contributed by atoms with Crippen LogP contribution in [0.2, 0.25) is 0 Å². The summed E-state index contributed by atoms with van der Waals surface area (Å²) >= 11 is 0. The van der Waals surface area contributed by atoms with Gasteiger partial charge in [0.1, 0.15) is 0 Å². The van der Waals surface area contributed by atoms with Crippen LogP contribution < -0.4 is 10.6 Å². The molecule has 6 heteroatoms. The van der Waals surface area contributed by atoms with E-state index in [1.54, 1.807) is 4.68 Å². The number of rotatable bonds is 4. The third-order valence-electron chi connectivity index (χ3n) is 4.43. The summed E-state index contributed by atoms with van der Waals surface area (Å²) in [7, 11) is 0. The monoisotopic (exact) mass is 313 g/mol. The molecule has 0 radical (unpaired) electrons. The van der Waals surface area contributed by atoms with Crippen LogP contribution in [0.25, 0.3) is 5.69 Å². The highest BCUT2D eigenvalue weighted by Crippen LogP contribution is 2.13. The summed E-state index contributed by atoms with van der Waals surface area (Å²) in [6, 6.07) is 10.3. The highest BCUT2D eigenvalue weighted by molar-refractivity contribution is 5.78. The molecule has 1 aliphatic rings. The number of nitrogens with one attached hydrogen (secondary N) is 2. The van der Waals surface area contributed by atoms with Gasteiger partial charge in [-0.1, -0.05) is 23.4 Å². The van der Waals surface area contributed by atoms with E-state index in [0.717, 1.165) is 36.5 Å². The molecule has 2 N–H and O–H groups in total. The number of hydrogen-bond donors (Lipinski definition) is 2. The largest absolute Gasteiger partial charge is 0.351 e. The van der Waals surface area contributed by atoms with Gasteiger partial charge in [0.15, 0.2) is 0 Å². The van der Waals surface area contributed by atoms with Gasteiger partial charge < -0.3 is 10.6 Å². The van der Waals surface area contributed by atoms with Crippen LogP contribution in [0.1, 0.15) is 31.2 Å². The van der Waals surface area contributed by atoms with Gasteiger partial charge in [-0.2, -0.15) is 0 Å². The summed E-state index contributed by atoms with van der Waals surface area (Å²) in [5, 5.41) is 14.9. The van der Waals surface area contributed by atoms with Crippen LogP contribution in [0, 0.1) is 6.92 Å². The Hall–Kier alpha value is -2.21. The molecule has 0 aliphatic carbocycles. The standard InChI is InChI=1S/C17H23N5O/c1-12-15(9-6-10-18-12)19-17(23)11-16-13(2)22(21-20-16)14-7-4-3-5-8-14/h3-5,7-8,12,15,18H,6,9-11H2,1-2H3,(H,19,23). The zero-order valence-electron chi connectivity index (χ0n) is 13.6. The van der Waals surface area contributed by atoms with Crippen molar-refractivity contribution in [3.05, 3.63) is 41.7 Å². The lowest BCUT2D eigenvalue weighted by molar-refractivity contribution is -0.121. The van der Waals surface area contributed by atoms with E-state index in [1.165, 1.54) is 0 Å². The molecule has 2 aromatic rings. The Morgan fingerprint density at radius 2 is 2.17 bits per heavy atom. The molecule has 2 heterocycles. The van der Waals surface area contributed by atoms with Gasteiger partial charge in [-0.3, -0.25) is 4.79 Å². The van der Waals surface area contributed by atoms with Crippen LogP contribution in [0.5, 0.6) is 0 Å². The summed E-state index contributed by atoms with van der Waals surface area (Å²) < 4.78 is 1.77. The van der Waals surface area contributed by atoms with Crippen LogP contribution in [0.4, 0.5) is 0 Å². The molecular weight excluding hydrogens is 290 g/mol. The normalized spacial score (nSPS) is 21.1. The first-order chi connectivity index (χ1) is 11.1. The molecule has 1 saturated heterocycles. The molecule has 2 unspecified atom stereocenters. The molecule has 3 rings (SSSR count). The zero-order chi connectivity index (χ0) is 16.2. The van der Waals surface area contributed by atoms with Gasteiger partial charge in [0.05, 0.1) is 23.5 Å². The number of carbonyl (C=O) groups excluding carboxylic acids is 1. The quantitative estimate of drug-likeness (QED) is 0.894. The first kappa shape index (κ1) is 15.7. The number of benzene rings is 1. The summed E-state index contributed by atoms with van der Waals surface area (Å²) in [6.07, 6.45) is 2.38. The minimum atomic E-state index is 0.00811. The summed E-state index contributed by atoms with van der Waals surface area (Å²) in [6.45, 7) is 5.08. The van der Waals surface area contributed by atoms with Crippen LogP contribution in [0.3, 0.4) is 0 Å². The van der Waals surface area contributed by atoms with E-state index in [4.69, 9.17) is 0 Å². The number of amides is 1. The average Bonchev–Trinajstić information content (AvgIpc) is 2.91. The van der Waals surface area contributed by atoms with E-state index in [2.05, 4.69) is 27.9 Å². The maximum atomic E-state index is 12.3. The van der Waals surface area contributed by atoms with Gasteiger partial charge in [0.2, 0.25) is 5.91 Å². The Morgan fingerprint density at radius 3 is 2.91 bits per heavy atom. The van der Waals surface area contributed by atoms with Crippen LogP contribution in [-0.4, -0.2) is 39.5 Å². The van der Waals surface area contributed by atoms with Gasteiger partial charge in [0, 0.05) is 12.1 Å². The van der Waals surface area contributed by atoms with Gasteiger partial charge in [-0.05, 0) is 45.4 Å². The molecule has 6 nitrogen and oxygen atoms in total. The van der Waals surface area contributed by atoms with Crippen LogP contribution >= 0.6 is 0 Å². The van der Waals surface area contributed by atoms with Gasteiger partial charge in [-0.15, -0.1) is 5.10 Å². The predicted octanol–water partition coefficient (Wildman–Crippen LogP) is 1.37. The number of carbonyl (C=O) groups is 1. The van der Waals surface area contributed by atoms with Gasteiger partial charge >= 0.3 is 0 Å². The van der Waals surface area contributed by atoms with E-state index < -0.39 is 0 Å². The molecule has 1 amide bonds. The third-order valence-corrected chi connectivity index (χ3v) is 4.43. The fourth-order valence-electron chi connectivity index (χ4n) is 2.99. The molecule has 1 fully saturated rings. The van der Waals surface area contributed by atoms with Crippen LogP contribution in [-0.2, 0) is 11.2 Å². The van der Waals surface area contributed by atoms with E-state index in [0.29, 0.717) is 6.04 Å². The maximum Gasteiger partial charge on any atom is 0.226 e. The molecule has 122 valence electrons. The third kappa shape index (κ3) is 3.59. The van der Waals surface area contributed by atoms with Crippen molar-refractivity contribution in [1.82, 2.24) is 25.6 Å². The molecule has 2 atom stereocenters. The second-order valence-corrected chi connectivity index (χ2v) is 6.10. The van der Waals surface area contributed by atoms with E-state index in [1.807, 2.05) is 37.3 Å². The van der Waals surface area contributed by atoms with Crippen molar-refractivity contribution >= 4 is 5.91 Å². The van der Waals surface area contributed by atoms with Crippen LogP contribution in [0.15, 0.2) is 30.3 Å². The number of aromatic nitrogens is 3.